The summed E-state index contributed by atoms with van der Waals surface area (Å²) in [4.78, 5) is 10.7. The third-order valence-corrected chi connectivity index (χ3v) is 2.85. The van der Waals surface area contributed by atoms with Gasteiger partial charge in [-0.2, -0.15) is 17.9 Å². The maximum Gasteiger partial charge on any atom is 0.511 e. The first-order chi connectivity index (χ1) is 6.79. The van der Waals surface area contributed by atoms with Crippen molar-refractivity contribution in [3.05, 3.63) is 0 Å². The predicted octanol–water partition coefficient (Wildman–Crippen LogP) is 0.925. The van der Waals surface area contributed by atoms with Crippen LogP contribution in [0, 0.1) is 5.41 Å². The fourth-order valence-corrected chi connectivity index (χ4v) is 1.72. The minimum Gasteiger partial charge on any atom is -0.480 e. The summed E-state index contributed by atoms with van der Waals surface area (Å²) in [5, 5.41) is 8.64. The van der Waals surface area contributed by atoms with Crippen molar-refractivity contribution in [2.45, 2.75) is 32.3 Å². The molecule has 0 aromatic carbocycles. The van der Waals surface area contributed by atoms with E-state index in [9.17, 15) is 26.4 Å². The van der Waals surface area contributed by atoms with Gasteiger partial charge in [0, 0.05) is 0 Å². The van der Waals surface area contributed by atoms with Crippen LogP contribution in [0.4, 0.5) is 13.2 Å². The minimum absolute atomic E-state index is 1.12. The minimum atomic E-state index is -5.66. The molecule has 0 unspecified atom stereocenters. The molecule has 0 fully saturated rings. The van der Waals surface area contributed by atoms with Crippen LogP contribution in [-0.4, -0.2) is 31.0 Å². The third-order valence-electron chi connectivity index (χ3n) is 1.69. The molecule has 96 valence electrons. The molecule has 0 bridgehead atoms. The highest BCUT2D eigenvalue weighted by Gasteiger charge is 2.49. The SMILES string of the molecule is CC(C)(C)[C@@H](NS(=O)(=O)C(F)(F)F)C(=O)O. The second-order valence-electron chi connectivity index (χ2n) is 4.20. The van der Waals surface area contributed by atoms with Crippen molar-refractivity contribution in [3.63, 3.8) is 0 Å². The molecule has 0 aromatic rings. The van der Waals surface area contributed by atoms with Crippen LogP contribution in [0.1, 0.15) is 20.8 Å². The highest BCUT2D eigenvalue weighted by atomic mass is 32.2. The largest absolute Gasteiger partial charge is 0.511 e. The Labute approximate surface area is 90.7 Å². The summed E-state index contributed by atoms with van der Waals surface area (Å²) in [6.07, 6.45) is 0. The maximum atomic E-state index is 12.0. The lowest BCUT2D eigenvalue weighted by Crippen LogP contribution is -2.52. The third kappa shape index (κ3) is 3.63. The zero-order valence-electron chi connectivity index (χ0n) is 8.79. The monoisotopic (exact) mass is 263 g/mol. The number of hydrogen-bond donors (Lipinski definition) is 2. The summed E-state index contributed by atoms with van der Waals surface area (Å²) >= 11 is 0. The number of aliphatic carboxylic acids is 1. The van der Waals surface area contributed by atoms with Gasteiger partial charge in [-0.25, -0.2) is 8.42 Å². The van der Waals surface area contributed by atoms with Gasteiger partial charge in [-0.05, 0) is 5.41 Å². The molecule has 0 aliphatic heterocycles. The van der Waals surface area contributed by atoms with Gasteiger partial charge in [0.15, 0.2) is 0 Å². The Morgan fingerprint density at radius 2 is 1.62 bits per heavy atom. The Balaban J connectivity index is 5.16. The van der Waals surface area contributed by atoms with E-state index in [2.05, 4.69) is 0 Å². The highest BCUT2D eigenvalue weighted by Crippen LogP contribution is 2.26. The molecule has 0 aromatic heterocycles. The first kappa shape index (κ1) is 15.2. The lowest BCUT2D eigenvalue weighted by atomic mass is 9.88. The molecule has 0 saturated carbocycles. The summed E-state index contributed by atoms with van der Waals surface area (Å²) in [6, 6.07) is -1.85. The van der Waals surface area contributed by atoms with Crippen LogP contribution in [0.25, 0.3) is 0 Å². The number of carboxylic acids is 1. The Bertz CT molecular complexity index is 368. The lowest BCUT2D eigenvalue weighted by Gasteiger charge is -2.27. The topological polar surface area (TPSA) is 83.5 Å². The van der Waals surface area contributed by atoms with Gasteiger partial charge < -0.3 is 5.11 Å². The van der Waals surface area contributed by atoms with Crippen LogP contribution in [0.2, 0.25) is 0 Å². The van der Waals surface area contributed by atoms with E-state index in [1.807, 2.05) is 0 Å². The average molecular weight is 263 g/mol. The first-order valence-electron chi connectivity index (χ1n) is 4.10. The van der Waals surface area contributed by atoms with E-state index in [-0.39, 0.29) is 0 Å². The van der Waals surface area contributed by atoms with Crippen LogP contribution in [-0.2, 0) is 14.8 Å². The quantitative estimate of drug-likeness (QED) is 0.793. The van der Waals surface area contributed by atoms with Crippen molar-refractivity contribution in [3.8, 4) is 0 Å². The van der Waals surface area contributed by atoms with Gasteiger partial charge in [-0.1, -0.05) is 20.8 Å². The van der Waals surface area contributed by atoms with Gasteiger partial charge in [-0.3, -0.25) is 4.79 Å². The summed E-state index contributed by atoms with van der Waals surface area (Å²) in [6.45, 7) is 3.93. The molecule has 9 heteroatoms. The number of nitrogens with one attached hydrogen (secondary N) is 1. The Morgan fingerprint density at radius 3 is 1.81 bits per heavy atom. The first-order valence-corrected chi connectivity index (χ1v) is 5.59. The van der Waals surface area contributed by atoms with Crippen LogP contribution >= 0.6 is 0 Å². The van der Waals surface area contributed by atoms with Gasteiger partial charge in [0.25, 0.3) is 0 Å². The number of hydrogen-bond acceptors (Lipinski definition) is 3. The molecule has 1 atom stereocenters. The number of halogens is 3. The van der Waals surface area contributed by atoms with E-state index in [1.54, 1.807) is 0 Å². The second kappa shape index (κ2) is 4.21. The van der Waals surface area contributed by atoms with Crippen LogP contribution in [0.3, 0.4) is 0 Å². The van der Waals surface area contributed by atoms with Crippen molar-refractivity contribution in [2.75, 3.05) is 0 Å². The second-order valence-corrected chi connectivity index (χ2v) is 5.91. The maximum absolute atomic E-state index is 12.0. The fourth-order valence-electron chi connectivity index (χ4n) is 0.820. The molecule has 0 aliphatic rings. The predicted molar refractivity (Wildman–Crippen MR) is 49.0 cm³/mol. The number of carboxylic acid groups (broad SMARTS) is 1. The summed E-state index contributed by atoms with van der Waals surface area (Å²) in [7, 11) is -5.66. The van der Waals surface area contributed by atoms with Gasteiger partial charge in [0.1, 0.15) is 6.04 Å². The van der Waals surface area contributed by atoms with E-state index in [0.29, 0.717) is 0 Å². The molecule has 5 nitrogen and oxygen atoms in total. The molecular weight excluding hydrogens is 251 g/mol. The van der Waals surface area contributed by atoms with Gasteiger partial charge in [0.2, 0.25) is 0 Å². The molecule has 0 saturated heterocycles. The zero-order chi connectivity index (χ0) is 13.4. The van der Waals surface area contributed by atoms with Crippen molar-refractivity contribution in [2.24, 2.45) is 5.41 Å². The molecular formula is C7H12F3NO4S. The summed E-state index contributed by atoms with van der Waals surface area (Å²) < 4.78 is 58.6. The van der Waals surface area contributed by atoms with E-state index in [1.165, 1.54) is 20.8 Å². The molecule has 0 amide bonds. The van der Waals surface area contributed by atoms with Gasteiger partial charge >= 0.3 is 21.5 Å². The molecule has 0 heterocycles. The van der Waals surface area contributed by atoms with Crippen molar-refractivity contribution in [1.82, 2.24) is 4.72 Å². The molecule has 0 radical (unpaired) electrons. The van der Waals surface area contributed by atoms with E-state index < -0.39 is 33.0 Å². The van der Waals surface area contributed by atoms with Crippen molar-refractivity contribution < 1.29 is 31.5 Å². The van der Waals surface area contributed by atoms with Crippen molar-refractivity contribution in [1.29, 1.82) is 0 Å². The fraction of sp³-hybridized carbons (Fsp3) is 0.857. The Hall–Kier alpha value is -0.830. The number of sulfonamides is 1. The Morgan fingerprint density at radius 1 is 1.25 bits per heavy atom. The van der Waals surface area contributed by atoms with Gasteiger partial charge in [-0.15, -0.1) is 0 Å². The molecule has 0 aliphatic carbocycles. The lowest BCUT2D eigenvalue weighted by molar-refractivity contribution is -0.141. The Kier molecular flexibility index (Phi) is 3.99. The van der Waals surface area contributed by atoms with Crippen LogP contribution in [0.5, 0.6) is 0 Å². The highest BCUT2D eigenvalue weighted by molar-refractivity contribution is 7.90. The zero-order valence-corrected chi connectivity index (χ0v) is 9.61. The molecule has 16 heavy (non-hydrogen) atoms. The van der Waals surface area contributed by atoms with Gasteiger partial charge in [0.05, 0.1) is 0 Å². The van der Waals surface area contributed by atoms with Crippen LogP contribution in [0.15, 0.2) is 0 Å². The van der Waals surface area contributed by atoms with Crippen LogP contribution < -0.4 is 4.72 Å². The standard InChI is InChI=1S/C7H12F3NO4S/c1-6(2,3)4(5(12)13)11-16(14,15)7(8,9)10/h4,11H,1-3H3,(H,12,13)/t4-/m0/s1. The summed E-state index contributed by atoms with van der Waals surface area (Å²) in [5.41, 5.74) is -6.70. The molecule has 0 spiro atoms. The van der Waals surface area contributed by atoms with E-state index in [0.717, 1.165) is 4.72 Å². The van der Waals surface area contributed by atoms with E-state index in [4.69, 9.17) is 5.11 Å². The van der Waals surface area contributed by atoms with Crippen molar-refractivity contribution >= 4 is 16.0 Å². The smallest absolute Gasteiger partial charge is 0.480 e. The average Bonchev–Trinajstić information content (AvgIpc) is 1.95. The number of carbonyl (C=O) groups is 1. The van der Waals surface area contributed by atoms with E-state index >= 15 is 0 Å². The number of rotatable bonds is 3. The number of alkyl halides is 3. The normalized spacial score (nSPS) is 15.9. The summed E-state index contributed by atoms with van der Waals surface area (Å²) in [5.74, 6) is -1.67. The molecule has 2 N–H and O–H groups in total. The molecule has 0 rings (SSSR count).